The Bertz CT molecular complexity index is 1540. The second-order valence-electron chi connectivity index (χ2n) is 10.1. The normalized spacial score (nSPS) is 20.7. The molecule has 3 aromatic heterocycles. The molecule has 10 heteroatoms. The largest absolute Gasteiger partial charge is 0.387 e. The van der Waals surface area contributed by atoms with Crippen LogP contribution in [0.5, 0.6) is 0 Å². The van der Waals surface area contributed by atoms with Crippen molar-refractivity contribution in [3.05, 3.63) is 65.9 Å². The van der Waals surface area contributed by atoms with Crippen molar-refractivity contribution in [2.45, 2.75) is 50.6 Å². The maximum Gasteiger partial charge on any atom is 0.248 e. The molecule has 0 spiro atoms. The summed E-state index contributed by atoms with van der Waals surface area (Å²) in [5, 5.41) is 13.8. The molecule has 38 heavy (non-hydrogen) atoms. The SMILES string of the molecule is CC(=O)c1c(C2C[C@H]3CC[C@H](C2)N3C(=O)CO)nc2c(-c3ccc(-c4ccc(F)cc4)nc3)cnn2c1N. The number of nitrogens with two attached hydrogens (primary N) is 1. The van der Waals surface area contributed by atoms with Gasteiger partial charge in [0.15, 0.2) is 11.4 Å². The Morgan fingerprint density at radius 3 is 2.34 bits per heavy atom. The van der Waals surface area contributed by atoms with Gasteiger partial charge in [-0.3, -0.25) is 14.6 Å². The molecule has 194 valence electrons. The number of amides is 1. The van der Waals surface area contributed by atoms with Gasteiger partial charge in [-0.05, 0) is 62.9 Å². The van der Waals surface area contributed by atoms with Crippen LogP contribution in [0, 0.1) is 5.82 Å². The number of Topliss-reactive ketones (excluding diaryl/α,β-unsaturated/α-hetero) is 1. The van der Waals surface area contributed by atoms with E-state index in [9.17, 15) is 19.1 Å². The third-order valence-corrected chi connectivity index (χ3v) is 7.82. The van der Waals surface area contributed by atoms with Crippen molar-refractivity contribution in [3.63, 3.8) is 0 Å². The smallest absolute Gasteiger partial charge is 0.248 e. The summed E-state index contributed by atoms with van der Waals surface area (Å²) in [5.74, 6) is -0.556. The number of carbonyl (C=O) groups excluding carboxylic acids is 2. The van der Waals surface area contributed by atoms with Crippen molar-refractivity contribution in [2.75, 3.05) is 12.3 Å². The van der Waals surface area contributed by atoms with Gasteiger partial charge in [-0.25, -0.2) is 9.37 Å². The van der Waals surface area contributed by atoms with Crippen molar-refractivity contribution >= 4 is 23.2 Å². The average molecular weight is 515 g/mol. The van der Waals surface area contributed by atoms with Crippen molar-refractivity contribution in [2.24, 2.45) is 0 Å². The van der Waals surface area contributed by atoms with E-state index in [1.54, 1.807) is 24.5 Å². The summed E-state index contributed by atoms with van der Waals surface area (Å²) in [4.78, 5) is 36.4. The van der Waals surface area contributed by atoms with Crippen LogP contribution in [-0.4, -0.2) is 60.0 Å². The number of aromatic nitrogens is 4. The molecule has 2 atom stereocenters. The third kappa shape index (κ3) is 3.92. The van der Waals surface area contributed by atoms with E-state index in [4.69, 9.17) is 10.7 Å². The van der Waals surface area contributed by atoms with Gasteiger partial charge in [0.25, 0.3) is 0 Å². The van der Waals surface area contributed by atoms with E-state index in [2.05, 4.69) is 10.1 Å². The molecule has 2 fully saturated rings. The van der Waals surface area contributed by atoms with Gasteiger partial charge < -0.3 is 15.7 Å². The maximum absolute atomic E-state index is 13.3. The molecular weight excluding hydrogens is 487 g/mol. The predicted octanol–water partition coefficient (Wildman–Crippen LogP) is 3.61. The minimum absolute atomic E-state index is 0.00467. The van der Waals surface area contributed by atoms with Gasteiger partial charge in [0, 0.05) is 40.9 Å². The van der Waals surface area contributed by atoms with Gasteiger partial charge in [0.2, 0.25) is 5.91 Å². The molecule has 1 aromatic carbocycles. The van der Waals surface area contributed by atoms with Crippen LogP contribution in [0.1, 0.15) is 54.6 Å². The first kappa shape index (κ1) is 24.2. The number of carbonyl (C=O) groups is 2. The number of halogens is 1. The molecule has 2 aliphatic rings. The summed E-state index contributed by atoms with van der Waals surface area (Å²) in [6.07, 6.45) is 6.41. The first-order valence-electron chi connectivity index (χ1n) is 12.7. The Hall–Kier alpha value is -4.18. The highest BCUT2D eigenvalue weighted by Gasteiger charge is 2.44. The Kier molecular flexibility index (Phi) is 5.91. The van der Waals surface area contributed by atoms with E-state index in [1.807, 2.05) is 17.0 Å². The van der Waals surface area contributed by atoms with Gasteiger partial charge >= 0.3 is 0 Å². The van der Waals surface area contributed by atoms with E-state index >= 15 is 0 Å². The van der Waals surface area contributed by atoms with E-state index in [1.165, 1.54) is 23.6 Å². The Balaban J connectivity index is 1.40. The number of pyridine rings is 1. The monoisotopic (exact) mass is 514 g/mol. The fraction of sp³-hybridized carbons (Fsp3) is 0.321. The van der Waals surface area contributed by atoms with Crippen LogP contribution in [0.15, 0.2) is 48.8 Å². The lowest BCUT2D eigenvalue weighted by Crippen LogP contribution is -2.47. The van der Waals surface area contributed by atoms with Crippen LogP contribution in [0.25, 0.3) is 28.0 Å². The van der Waals surface area contributed by atoms with Crippen LogP contribution >= 0.6 is 0 Å². The number of rotatable bonds is 5. The lowest BCUT2D eigenvalue weighted by molar-refractivity contribution is -0.138. The molecule has 0 radical (unpaired) electrons. The zero-order chi connectivity index (χ0) is 26.6. The van der Waals surface area contributed by atoms with Crippen LogP contribution in [0.2, 0.25) is 0 Å². The number of fused-ring (bicyclic) bond motifs is 3. The standard InChI is InChI=1S/C28H27FN6O3/c1-15(37)25-26(18-10-20-7-8-21(11-18)34(20)24(38)14-36)33-28-22(13-32-35(28)27(25)30)17-4-9-23(31-12-17)16-2-5-19(29)6-3-16/h2-6,9,12-13,18,20-21,36H,7-8,10-11,14,30H2,1H3/t20-,21-/m1/s1. The van der Waals surface area contributed by atoms with Crippen LogP contribution in [-0.2, 0) is 4.79 Å². The van der Waals surface area contributed by atoms with Crippen LogP contribution < -0.4 is 5.73 Å². The molecule has 3 N–H and O–H groups in total. The van der Waals surface area contributed by atoms with Crippen molar-refractivity contribution in [1.29, 1.82) is 0 Å². The number of aliphatic hydroxyl groups is 1. The van der Waals surface area contributed by atoms with Crippen LogP contribution in [0.3, 0.4) is 0 Å². The number of hydrogen-bond acceptors (Lipinski definition) is 7. The van der Waals surface area contributed by atoms with E-state index < -0.39 is 6.61 Å². The van der Waals surface area contributed by atoms with Gasteiger partial charge in [-0.15, -0.1) is 0 Å². The lowest BCUT2D eigenvalue weighted by Gasteiger charge is -2.39. The second kappa shape index (κ2) is 9.29. The second-order valence-corrected chi connectivity index (χ2v) is 10.1. The first-order valence-corrected chi connectivity index (χ1v) is 12.7. The number of anilines is 1. The molecule has 2 bridgehead atoms. The zero-order valence-corrected chi connectivity index (χ0v) is 20.8. The zero-order valence-electron chi connectivity index (χ0n) is 20.8. The molecule has 5 heterocycles. The minimum atomic E-state index is -0.499. The van der Waals surface area contributed by atoms with E-state index in [-0.39, 0.29) is 41.3 Å². The number of nitrogens with zero attached hydrogens (tertiary/aromatic N) is 5. The highest BCUT2D eigenvalue weighted by molar-refractivity contribution is 6.00. The Morgan fingerprint density at radius 2 is 1.74 bits per heavy atom. The molecule has 0 saturated carbocycles. The summed E-state index contributed by atoms with van der Waals surface area (Å²) in [7, 11) is 0. The van der Waals surface area contributed by atoms with Crippen molar-refractivity contribution in [3.8, 4) is 22.4 Å². The van der Waals surface area contributed by atoms with Crippen LogP contribution in [0.4, 0.5) is 10.2 Å². The van der Waals surface area contributed by atoms with E-state index in [0.717, 1.165) is 29.5 Å². The maximum atomic E-state index is 13.3. The average Bonchev–Trinajstić information content (AvgIpc) is 3.46. The number of piperidine rings is 1. The molecule has 9 nitrogen and oxygen atoms in total. The summed E-state index contributed by atoms with van der Waals surface area (Å²) < 4.78 is 14.8. The fourth-order valence-electron chi connectivity index (χ4n) is 6.13. The van der Waals surface area contributed by atoms with E-state index in [0.29, 0.717) is 35.4 Å². The number of hydrogen-bond donors (Lipinski definition) is 2. The highest BCUT2D eigenvalue weighted by Crippen LogP contribution is 2.44. The molecule has 0 aliphatic carbocycles. The number of benzene rings is 1. The molecule has 1 amide bonds. The summed E-state index contributed by atoms with van der Waals surface area (Å²) in [5.41, 5.74) is 11.0. The summed E-state index contributed by atoms with van der Waals surface area (Å²) >= 11 is 0. The quantitative estimate of drug-likeness (QED) is 0.390. The molecule has 4 aromatic rings. The molecule has 0 unspecified atom stereocenters. The van der Waals surface area contributed by atoms with Gasteiger partial charge in [-0.1, -0.05) is 6.07 Å². The molecule has 2 aliphatic heterocycles. The van der Waals surface area contributed by atoms with Gasteiger partial charge in [0.05, 0.1) is 23.1 Å². The first-order chi connectivity index (χ1) is 18.4. The minimum Gasteiger partial charge on any atom is -0.387 e. The molecule has 2 saturated heterocycles. The summed E-state index contributed by atoms with van der Waals surface area (Å²) in [6.45, 7) is 0.977. The molecule has 6 rings (SSSR count). The Labute approximate surface area is 218 Å². The fourth-order valence-corrected chi connectivity index (χ4v) is 6.13. The lowest BCUT2D eigenvalue weighted by atomic mass is 9.85. The Morgan fingerprint density at radius 1 is 1.05 bits per heavy atom. The predicted molar refractivity (Wildman–Crippen MR) is 139 cm³/mol. The van der Waals surface area contributed by atoms with Gasteiger partial charge in [-0.2, -0.15) is 9.61 Å². The van der Waals surface area contributed by atoms with Gasteiger partial charge in [0.1, 0.15) is 18.2 Å². The summed E-state index contributed by atoms with van der Waals surface area (Å²) in [6, 6.07) is 9.91. The third-order valence-electron chi connectivity index (χ3n) is 7.82. The highest BCUT2D eigenvalue weighted by atomic mass is 19.1. The van der Waals surface area contributed by atoms with Crippen molar-refractivity contribution < 1.29 is 19.1 Å². The topological polar surface area (TPSA) is 127 Å². The van der Waals surface area contributed by atoms with Crippen molar-refractivity contribution in [1.82, 2.24) is 24.5 Å². The number of aliphatic hydroxyl groups excluding tert-OH is 1. The number of nitrogen functional groups attached to an aromatic ring is 1. The molecular formula is C28H27FN6O3. The number of ketones is 1.